The van der Waals surface area contributed by atoms with E-state index in [1.54, 1.807) is 24.3 Å². The second-order valence-corrected chi connectivity index (χ2v) is 5.02. The van der Waals surface area contributed by atoms with Crippen LogP contribution in [0.25, 0.3) is 0 Å². The Hall–Kier alpha value is -2.57. The van der Waals surface area contributed by atoms with Crippen molar-refractivity contribution < 1.29 is 9.59 Å². The summed E-state index contributed by atoms with van der Waals surface area (Å²) < 4.78 is 0. The minimum atomic E-state index is -0.557. The standard InChI is InChI=1S/C14H19N5O2/c15-12(16)10-5-3-9(4-6-10)8-18-13(20)11-2-1-7-19(11)14(17)21/h3-6,11H,1-2,7-8H2,(H3,15,16)(H2,17,21)(H,18,20)/t11-/m0/s1. The summed E-state index contributed by atoms with van der Waals surface area (Å²) in [5, 5.41) is 10.1. The van der Waals surface area contributed by atoms with Crippen molar-refractivity contribution in [2.75, 3.05) is 6.54 Å². The van der Waals surface area contributed by atoms with E-state index in [2.05, 4.69) is 5.32 Å². The molecule has 0 spiro atoms. The molecule has 21 heavy (non-hydrogen) atoms. The number of hydrogen-bond acceptors (Lipinski definition) is 3. The molecule has 1 aliphatic heterocycles. The van der Waals surface area contributed by atoms with Crippen molar-refractivity contribution in [2.45, 2.75) is 25.4 Å². The van der Waals surface area contributed by atoms with E-state index in [4.69, 9.17) is 16.9 Å². The number of likely N-dealkylation sites (tertiary alicyclic amines) is 1. The van der Waals surface area contributed by atoms with Gasteiger partial charge in [0.2, 0.25) is 5.91 Å². The highest BCUT2D eigenvalue weighted by molar-refractivity contribution is 5.94. The minimum Gasteiger partial charge on any atom is -0.384 e. The van der Waals surface area contributed by atoms with Gasteiger partial charge in [0.15, 0.2) is 0 Å². The van der Waals surface area contributed by atoms with Gasteiger partial charge in [0.25, 0.3) is 0 Å². The molecule has 1 aromatic rings. The van der Waals surface area contributed by atoms with Crippen LogP contribution in [-0.4, -0.2) is 35.3 Å². The molecular formula is C14H19N5O2. The molecule has 0 radical (unpaired) electrons. The minimum absolute atomic E-state index is 0.00800. The van der Waals surface area contributed by atoms with Crippen molar-refractivity contribution in [1.29, 1.82) is 5.41 Å². The molecule has 6 N–H and O–H groups in total. The van der Waals surface area contributed by atoms with Crippen LogP contribution in [-0.2, 0) is 11.3 Å². The fourth-order valence-corrected chi connectivity index (χ4v) is 2.41. The number of nitrogens with two attached hydrogens (primary N) is 2. The van der Waals surface area contributed by atoms with E-state index in [1.165, 1.54) is 4.90 Å². The van der Waals surface area contributed by atoms with Crippen LogP contribution in [0.3, 0.4) is 0 Å². The molecule has 7 nitrogen and oxygen atoms in total. The molecule has 1 fully saturated rings. The van der Waals surface area contributed by atoms with Crippen molar-refractivity contribution in [3.8, 4) is 0 Å². The van der Waals surface area contributed by atoms with Crippen LogP contribution < -0.4 is 16.8 Å². The van der Waals surface area contributed by atoms with Gasteiger partial charge in [-0.1, -0.05) is 24.3 Å². The Morgan fingerprint density at radius 1 is 1.29 bits per heavy atom. The maximum atomic E-state index is 12.1. The second-order valence-electron chi connectivity index (χ2n) is 5.02. The summed E-state index contributed by atoms with van der Waals surface area (Å²) in [6, 6.07) is 6.04. The molecule has 1 aromatic carbocycles. The van der Waals surface area contributed by atoms with E-state index >= 15 is 0 Å². The smallest absolute Gasteiger partial charge is 0.315 e. The molecule has 112 valence electrons. The number of amides is 3. The van der Waals surface area contributed by atoms with E-state index in [1.807, 2.05) is 0 Å². The van der Waals surface area contributed by atoms with Crippen molar-refractivity contribution in [3.05, 3.63) is 35.4 Å². The number of amidine groups is 1. The first-order valence-corrected chi connectivity index (χ1v) is 6.76. The summed E-state index contributed by atoms with van der Waals surface area (Å²) in [6.45, 7) is 0.890. The average molecular weight is 289 g/mol. The van der Waals surface area contributed by atoms with E-state index in [9.17, 15) is 9.59 Å². The lowest BCUT2D eigenvalue weighted by Gasteiger charge is -2.21. The Morgan fingerprint density at radius 3 is 2.52 bits per heavy atom. The van der Waals surface area contributed by atoms with E-state index in [-0.39, 0.29) is 11.7 Å². The monoisotopic (exact) mass is 289 g/mol. The Morgan fingerprint density at radius 2 is 1.95 bits per heavy atom. The van der Waals surface area contributed by atoms with Gasteiger partial charge in [0.05, 0.1) is 0 Å². The lowest BCUT2D eigenvalue weighted by atomic mass is 10.1. The zero-order valence-corrected chi connectivity index (χ0v) is 11.6. The number of benzene rings is 1. The summed E-state index contributed by atoms with van der Waals surface area (Å²) in [5.41, 5.74) is 12.2. The first kappa shape index (κ1) is 14.8. The Labute approximate surface area is 122 Å². The lowest BCUT2D eigenvalue weighted by molar-refractivity contribution is -0.124. The van der Waals surface area contributed by atoms with Crippen LogP contribution in [0.1, 0.15) is 24.0 Å². The van der Waals surface area contributed by atoms with Gasteiger partial charge < -0.3 is 21.7 Å². The fourth-order valence-electron chi connectivity index (χ4n) is 2.41. The normalized spacial score (nSPS) is 17.5. The predicted molar refractivity (Wildman–Crippen MR) is 78.6 cm³/mol. The maximum absolute atomic E-state index is 12.1. The Kier molecular flexibility index (Phi) is 4.42. The van der Waals surface area contributed by atoms with E-state index in [0.717, 1.165) is 12.0 Å². The molecule has 1 aliphatic rings. The third kappa shape index (κ3) is 3.50. The molecule has 0 saturated carbocycles. The average Bonchev–Trinajstić information content (AvgIpc) is 2.95. The number of nitrogen functional groups attached to an aromatic ring is 1. The van der Waals surface area contributed by atoms with Crippen LogP contribution in [0.5, 0.6) is 0 Å². The third-order valence-corrected chi connectivity index (χ3v) is 3.57. The van der Waals surface area contributed by atoms with Gasteiger partial charge in [-0.2, -0.15) is 0 Å². The van der Waals surface area contributed by atoms with Gasteiger partial charge in [0, 0.05) is 18.7 Å². The van der Waals surface area contributed by atoms with Gasteiger partial charge in [-0.05, 0) is 18.4 Å². The SMILES string of the molecule is N=C(N)c1ccc(CNC(=O)[C@@H]2CCCN2C(N)=O)cc1. The molecule has 0 aromatic heterocycles. The van der Waals surface area contributed by atoms with Crippen LogP contribution in [0.2, 0.25) is 0 Å². The molecule has 0 aliphatic carbocycles. The number of carbonyl (C=O) groups excluding carboxylic acids is 2. The highest BCUT2D eigenvalue weighted by Gasteiger charge is 2.32. The van der Waals surface area contributed by atoms with Crippen LogP contribution in [0.15, 0.2) is 24.3 Å². The largest absolute Gasteiger partial charge is 0.384 e. The molecule has 0 unspecified atom stereocenters. The van der Waals surface area contributed by atoms with Crippen LogP contribution >= 0.6 is 0 Å². The predicted octanol–water partition coefficient (Wildman–Crippen LogP) is 0.130. The third-order valence-electron chi connectivity index (χ3n) is 3.57. The summed E-state index contributed by atoms with van der Waals surface area (Å²) in [4.78, 5) is 24.7. The first-order valence-electron chi connectivity index (χ1n) is 6.76. The fraction of sp³-hybridized carbons (Fsp3) is 0.357. The van der Waals surface area contributed by atoms with Crippen molar-refractivity contribution in [3.63, 3.8) is 0 Å². The molecule has 7 heteroatoms. The number of carbonyl (C=O) groups is 2. The molecule has 3 amide bonds. The summed E-state index contributed by atoms with van der Waals surface area (Å²) in [7, 11) is 0. The molecular weight excluding hydrogens is 270 g/mol. The first-order chi connectivity index (χ1) is 9.99. The van der Waals surface area contributed by atoms with E-state index in [0.29, 0.717) is 25.1 Å². The van der Waals surface area contributed by atoms with Gasteiger partial charge in [-0.25, -0.2) is 4.79 Å². The molecule has 2 rings (SSSR count). The van der Waals surface area contributed by atoms with Crippen molar-refractivity contribution in [2.24, 2.45) is 11.5 Å². The lowest BCUT2D eigenvalue weighted by Crippen LogP contribution is -2.47. The van der Waals surface area contributed by atoms with Gasteiger partial charge >= 0.3 is 6.03 Å². The highest BCUT2D eigenvalue weighted by atomic mass is 16.2. The summed E-state index contributed by atoms with van der Waals surface area (Å²) in [5.74, 6) is -0.185. The number of rotatable bonds is 4. The van der Waals surface area contributed by atoms with Crippen LogP contribution in [0.4, 0.5) is 4.79 Å². The highest BCUT2D eigenvalue weighted by Crippen LogP contribution is 2.17. The summed E-state index contributed by atoms with van der Waals surface area (Å²) in [6.07, 6.45) is 1.42. The zero-order chi connectivity index (χ0) is 15.4. The Balaban J connectivity index is 1.91. The van der Waals surface area contributed by atoms with Gasteiger partial charge in [0.1, 0.15) is 11.9 Å². The van der Waals surface area contributed by atoms with Crippen molar-refractivity contribution in [1.82, 2.24) is 10.2 Å². The number of urea groups is 1. The van der Waals surface area contributed by atoms with Crippen molar-refractivity contribution >= 4 is 17.8 Å². The maximum Gasteiger partial charge on any atom is 0.315 e. The zero-order valence-electron chi connectivity index (χ0n) is 11.6. The molecule has 1 atom stereocenters. The quantitative estimate of drug-likeness (QED) is 0.465. The van der Waals surface area contributed by atoms with Gasteiger partial charge in [-0.15, -0.1) is 0 Å². The second kappa shape index (κ2) is 6.25. The van der Waals surface area contributed by atoms with Gasteiger partial charge in [-0.3, -0.25) is 10.2 Å². The number of primary amides is 1. The summed E-state index contributed by atoms with van der Waals surface area (Å²) >= 11 is 0. The molecule has 1 heterocycles. The molecule has 0 bridgehead atoms. The molecule has 1 saturated heterocycles. The Bertz CT molecular complexity index is 555. The topological polar surface area (TPSA) is 125 Å². The van der Waals surface area contributed by atoms with Crippen LogP contribution in [0, 0.1) is 5.41 Å². The number of nitrogens with one attached hydrogen (secondary N) is 2. The number of hydrogen-bond donors (Lipinski definition) is 4. The number of nitrogens with zero attached hydrogens (tertiary/aromatic N) is 1. The van der Waals surface area contributed by atoms with E-state index < -0.39 is 12.1 Å².